The molecule has 2 aromatic rings. The third-order valence-electron chi connectivity index (χ3n) is 6.41. The zero-order chi connectivity index (χ0) is 23.7. The predicted octanol–water partition coefficient (Wildman–Crippen LogP) is 0.889. The summed E-state index contributed by atoms with van der Waals surface area (Å²) in [6.45, 7) is 4.55. The lowest BCUT2D eigenvalue weighted by molar-refractivity contribution is 0.0981. The van der Waals surface area contributed by atoms with Crippen molar-refractivity contribution in [2.24, 2.45) is 0 Å². The van der Waals surface area contributed by atoms with E-state index < -0.39 is 5.54 Å². The number of morpholine rings is 1. The molecule has 3 aliphatic rings. The molecule has 182 valence electrons. The predicted molar refractivity (Wildman–Crippen MR) is 124 cm³/mol. The molecular formula is C22H30N8O4. The Morgan fingerprint density at radius 3 is 2.82 bits per heavy atom. The Morgan fingerprint density at radius 1 is 1.32 bits per heavy atom. The molecule has 0 radical (unpaired) electrons. The third kappa shape index (κ3) is 4.82. The SMILES string of the molecule is C[C@H]1COCCN1c1nc(N[C@@]2(CO)CCN(C(=O)OC3CC3)C2)cc(-c2cnc(N)nc2)n1. The van der Waals surface area contributed by atoms with Crippen molar-refractivity contribution >= 4 is 23.8 Å². The monoisotopic (exact) mass is 470 g/mol. The first kappa shape index (κ1) is 22.5. The summed E-state index contributed by atoms with van der Waals surface area (Å²) in [7, 11) is 0. The van der Waals surface area contributed by atoms with Crippen LogP contribution in [0.5, 0.6) is 0 Å². The highest BCUT2D eigenvalue weighted by Crippen LogP contribution is 2.31. The van der Waals surface area contributed by atoms with E-state index in [0.29, 0.717) is 62.3 Å². The van der Waals surface area contributed by atoms with Crippen LogP contribution in [0.1, 0.15) is 26.2 Å². The molecule has 3 fully saturated rings. The number of hydrogen-bond donors (Lipinski definition) is 3. The number of likely N-dealkylation sites (tertiary alicyclic amines) is 1. The Kier molecular flexibility index (Phi) is 6.09. The molecule has 12 heteroatoms. The topological polar surface area (TPSA) is 152 Å². The van der Waals surface area contributed by atoms with Crippen LogP contribution in [0.3, 0.4) is 0 Å². The van der Waals surface area contributed by atoms with Gasteiger partial charge in [-0.05, 0) is 26.2 Å². The van der Waals surface area contributed by atoms with Crippen LogP contribution >= 0.6 is 0 Å². The number of anilines is 3. The van der Waals surface area contributed by atoms with E-state index in [1.54, 1.807) is 23.4 Å². The number of hydrogen-bond acceptors (Lipinski definition) is 11. The maximum atomic E-state index is 12.4. The van der Waals surface area contributed by atoms with E-state index in [9.17, 15) is 9.90 Å². The standard InChI is InChI=1S/C22H30N8O4/c1-14-11-33-7-6-30(14)20-26-17(15-9-24-19(23)25-10-15)8-18(27-20)28-22(13-31)4-5-29(12-22)21(32)34-16-2-3-16/h8-10,14,16,31H,2-7,11-13H2,1H3,(H2,23,24,25)(H,26,27,28)/t14-,22-/m0/s1. The second kappa shape index (κ2) is 9.18. The van der Waals surface area contributed by atoms with Gasteiger partial charge in [-0.2, -0.15) is 4.98 Å². The molecule has 34 heavy (non-hydrogen) atoms. The van der Waals surface area contributed by atoms with Crippen molar-refractivity contribution in [2.45, 2.75) is 43.9 Å². The summed E-state index contributed by atoms with van der Waals surface area (Å²) in [4.78, 5) is 33.9. The summed E-state index contributed by atoms with van der Waals surface area (Å²) in [5.74, 6) is 1.27. The molecule has 1 amide bonds. The fraction of sp³-hybridized carbons (Fsp3) is 0.591. The Labute approximate surface area is 197 Å². The van der Waals surface area contributed by atoms with Gasteiger partial charge in [0.05, 0.1) is 37.1 Å². The van der Waals surface area contributed by atoms with Crippen molar-refractivity contribution in [3.63, 3.8) is 0 Å². The average Bonchev–Trinajstić information content (AvgIpc) is 3.56. The van der Waals surface area contributed by atoms with Gasteiger partial charge in [-0.15, -0.1) is 0 Å². The second-order valence-corrected chi connectivity index (χ2v) is 9.20. The summed E-state index contributed by atoms with van der Waals surface area (Å²) >= 11 is 0. The smallest absolute Gasteiger partial charge is 0.410 e. The molecule has 1 saturated carbocycles. The maximum Gasteiger partial charge on any atom is 0.410 e. The zero-order valence-electron chi connectivity index (χ0n) is 19.2. The van der Waals surface area contributed by atoms with Gasteiger partial charge in [-0.1, -0.05) is 0 Å². The number of ether oxygens (including phenoxy) is 2. The lowest BCUT2D eigenvalue weighted by atomic mass is 10.00. The van der Waals surface area contributed by atoms with E-state index in [2.05, 4.69) is 27.1 Å². The van der Waals surface area contributed by atoms with E-state index in [0.717, 1.165) is 12.8 Å². The molecule has 2 aromatic heterocycles. The average molecular weight is 471 g/mol. The number of nitrogens with one attached hydrogen (secondary N) is 1. The van der Waals surface area contributed by atoms with E-state index in [1.807, 2.05) is 0 Å². The van der Waals surface area contributed by atoms with Crippen molar-refractivity contribution < 1.29 is 19.4 Å². The number of aliphatic hydroxyl groups excluding tert-OH is 1. The van der Waals surface area contributed by atoms with E-state index in [4.69, 9.17) is 25.2 Å². The minimum absolute atomic E-state index is 0.0363. The number of nitrogen functional groups attached to an aromatic ring is 1. The van der Waals surface area contributed by atoms with Gasteiger partial charge in [0.25, 0.3) is 0 Å². The molecule has 0 bridgehead atoms. The molecule has 1 aliphatic carbocycles. The minimum Gasteiger partial charge on any atom is -0.446 e. The van der Waals surface area contributed by atoms with E-state index in [1.165, 1.54) is 0 Å². The minimum atomic E-state index is -0.736. The maximum absolute atomic E-state index is 12.4. The first-order valence-corrected chi connectivity index (χ1v) is 11.6. The van der Waals surface area contributed by atoms with Crippen LogP contribution in [0.25, 0.3) is 11.3 Å². The van der Waals surface area contributed by atoms with Gasteiger partial charge in [0.2, 0.25) is 11.9 Å². The number of aliphatic hydroxyl groups is 1. The lowest BCUT2D eigenvalue weighted by Gasteiger charge is -2.34. The fourth-order valence-corrected chi connectivity index (χ4v) is 4.24. The van der Waals surface area contributed by atoms with Crippen molar-refractivity contribution in [3.05, 3.63) is 18.5 Å². The molecule has 4 heterocycles. The molecule has 0 spiro atoms. The summed E-state index contributed by atoms with van der Waals surface area (Å²) in [6.07, 6.45) is 5.35. The zero-order valence-corrected chi connectivity index (χ0v) is 19.2. The van der Waals surface area contributed by atoms with Crippen LogP contribution in [-0.4, -0.2) is 93.2 Å². The quantitative estimate of drug-likeness (QED) is 0.552. The third-order valence-corrected chi connectivity index (χ3v) is 6.41. The van der Waals surface area contributed by atoms with Gasteiger partial charge < -0.3 is 35.4 Å². The second-order valence-electron chi connectivity index (χ2n) is 9.20. The summed E-state index contributed by atoms with van der Waals surface area (Å²) in [5.41, 5.74) is 6.24. The summed E-state index contributed by atoms with van der Waals surface area (Å²) in [5, 5.41) is 13.7. The summed E-state index contributed by atoms with van der Waals surface area (Å²) < 4.78 is 11.0. The Bertz CT molecular complexity index is 1030. The molecule has 2 atom stereocenters. The molecule has 0 aromatic carbocycles. The number of amides is 1. The Hall–Kier alpha value is -3.25. The normalized spacial score (nSPS) is 24.8. The molecule has 4 N–H and O–H groups in total. The number of aromatic nitrogens is 4. The molecule has 2 saturated heterocycles. The van der Waals surface area contributed by atoms with Gasteiger partial charge in [0.1, 0.15) is 11.9 Å². The van der Waals surface area contributed by atoms with Crippen LogP contribution in [0.15, 0.2) is 18.5 Å². The lowest BCUT2D eigenvalue weighted by Crippen LogP contribution is -2.47. The van der Waals surface area contributed by atoms with Gasteiger partial charge in [0.15, 0.2) is 0 Å². The van der Waals surface area contributed by atoms with Crippen molar-refractivity contribution in [1.29, 1.82) is 0 Å². The molecule has 2 aliphatic heterocycles. The van der Waals surface area contributed by atoms with E-state index in [-0.39, 0.29) is 30.8 Å². The van der Waals surface area contributed by atoms with Gasteiger partial charge >= 0.3 is 6.09 Å². The summed E-state index contributed by atoms with van der Waals surface area (Å²) in [6, 6.07) is 1.90. The number of carbonyl (C=O) groups is 1. The van der Waals surface area contributed by atoms with E-state index >= 15 is 0 Å². The first-order valence-electron chi connectivity index (χ1n) is 11.6. The highest BCUT2D eigenvalue weighted by Gasteiger charge is 2.42. The number of rotatable bonds is 6. The highest BCUT2D eigenvalue weighted by atomic mass is 16.6. The number of nitrogens with two attached hydrogens (primary N) is 1. The molecular weight excluding hydrogens is 440 g/mol. The van der Waals surface area contributed by atoms with Gasteiger partial charge in [-0.25, -0.2) is 19.7 Å². The first-order chi connectivity index (χ1) is 16.4. The Morgan fingerprint density at radius 2 is 2.12 bits per heavy atom. The number of carbonyl (C=O) groups excluding carboxylic acids is 1. The van der Waals surface area contributed by atoms with Crippen LogP contribution in [-0.2, 0) is 9.47 Å². The van der Waals surface area contributed by atoms with Crippen molar-refractivity contribution in [1.82, 2.24) is 24.8 Å². The van der Waals surface area contributed by atoms with Gasteiger partial charge in [0, 0.05) is 43.7 Å². The van der Waals surface area contributed by atoms with Crippen LogP contribution in [0.4, 0.5) is 22.5 Å². The fourth-order valence-electron chi connectivity index (χ4n) is 4.24. The molecule has 12 nitrogen and oxygen atoms in total. The van der Waals surface area contributed by atoms with Crippen LogP contribution in [0.2, 0.25) is 0 Å². The Balaban J connectivity index is 1.43. The van der Waals surface area contributed by atoms with Gasteiger partial charge in [-0.3, -0.25) is 0 Å². The van der Waals surface area contributed by atoms with Crippen LogP contribution < -0.4 is 16.0 Å². The van der Waals surface area contributed by atoms with Crippen molar-refractivity contribution in [2.75, 3.05) is 55.4 Å². The van der Waals surface area contributed by atoms with Crippen molar-refractivity contribution in [3.8, 4) is 11.3 Å². The molecule has 0 unspecified atom stereocenters. The largest absolute Gasteiger partial charge is 0.446 e. The molecule has 5 rings (SSSR count). The highest BCUT2D eigenvalue weighted by molar-refractivity contribution is 5.69. The van der Waals surface area contributed by atoms with Crippen LogP contribution in [0, 0.1) is 0 Å². The number of nitrogens with zero attached hydrogens (tertiary/aromatic N) is 6.